The lowest BCUT2D eigenvalue weighted by atomic mass is 9.87. The van der Waals surface area contributed by atoms with E-state index in [1.54, 1.807) is 11.3 Å². The van der Waals surface area contributed by atoms with E-state index in [1.165, 1.54) is 21.2 Å². The monoisotopic (exact) mass is 281 g/mol. The van der Waals surface area contributed by atoms with Crippen LogP contribution in [-0.2, 0) is 11.8 Å². The lowest BCUT2D eigenvalue weighted by molar-refractivity contribution is 0.588. The normalized spacial score (nSPS) is 11.9. The van der Waals surface area contributed by atoms with Crippen LogP contribution >= 0.6 is 11.3 Å². The van der Waals surface area contributed by atoms with Crippen LogP contribution in [-0.4, -0.2) is 4.98 Å². The zero-order valence-electron chi connectivity index (χ0n) is 12.2. The molecule has 20 heavy (non-hydrogen) atoms. The number of thiophene rings is 1. The largest absolute Gasteiger partial charge is 0.261 e. The summed E-state index contributed by atoms with van der Waals surface area (Å²) in [6.07, 6.45) is 2.83. The van der Waals surface area contributed by atoms with Crippen molar-refractivity contribution in [2.75, 3.05) is 0 Å². The fraction of sp³-hybridized carbons (Fsp3) is 0.278. The van der Waals surface area contributed by atoms with Gasteiger partial charge in [0.1, 0.15) is 0 Å². The Labute approximate surface area is 124 Å². The SMILES string of the molecule is CC(C)(C)c1ccnc(Cc2ccc3sccc3c2)c1. The second kappa shape index (κ2) is 5.02. The first-order chi connectivity index (χ1) is 9.52. The summed E-state index contributed by atoms with van der Waals surface area (Å²) in [6, 6.07) is 13.2. The van der Waals surface area contributed by atoms with E-state index in [9.17, 15) is 0 Å². The Morgan fingerprint density at radius 2 is 1.90 bits per heavy atom. The first kappa shape index (κ1) is 13.3. The Kier molecular flexibility index (Phi) is 3.35. The molecule has 1 nitrogen and oxygen atoms in total. The van der Waals surface area contributed by atoms with E-state index in [1.807, 2.05) is 6.20 Å². The molecule has 2 aromatic heterocycles. The van der Waals surface area contributed by atoms with Crippen molar-refractivity contribution in [3.63, 3.8) is 0 Å². The Morgan fingerprint density at radius 1 is 1.05 bits per heavy atom. The van der Waals surface area contributed by atoms with Crippen molar-refractivity contribution in [3.8, 4) is 0 Å². The summed E-state index contributed by atoms with van der Waals surface area (Å²) in [4.78, 5) is 4.52. The molecular weight excluding hydrogens is 262 g/mol. The Balaban J connectivity index is 1.90. The number of benzene rings is 1. The zero-order chi connectivity index (χ0) is 14.2. The fourth-order valence-corrected chi connectivity index (χ4v) is 3.15. The third kappa shape index (κ3) is 2.75. The molecule has 0 amide bonds. The van der Waals surface area contributed by atoms with Gasteiger partial charge in [-0.25, -0.2) is 0 Å². The van der Waals surface area contributed by atoms with Gasteiger partial charge in [-0.2, -0.15) is 0 Å². The average Bonchev–Trinajstić information content (AvgIpc) is 2.85. The second-order valence-electron chi connectivity index (χ2n) is 6.26. The minimum absolute atomic E-state index is 0.176. The topological polar surface area (TPSA) is 12.9 Å². The van der Waals surface area contributed by atoms with Crippen molar-refractivity contribution < 1.29 is 0 Å². The van der Waals surface area contributed by atoms with E-state index >= 15 is 0 Å². The van der Waals surface area contributed by atoms with Crippen LogP contribution in [0.4, 0.5) is 0 Å². The molecule has 0 aliphatic rings. The maximum absolute atomic E-state index is 4.52. The van der Waals surface area contributed by atoms with Gasteiger partial charge in [0.05, 0.1) is 0 Å². The summed E-state index contributed by atoms with van der Waals surface area (Å²) >= 11 is 1.79. The minimum Gasteiger partial charge on any atom is -0.261 e. The summed E-state index contributed by atoms with van der Waals surface area (Å²) in [5, 5.41) is 3.48. The molecule has 3 aromatic rings. The summed E-state index contributed by atoms with van der Waals surface area (Å²) in [5.41, 5.74) is 4.00. The zero-order valence-corrected chi connectivity index (χ0v) is 13.0. The molecule has 2 heteroatoms. The smallest absolute Gasteiger partial charge is 0.0450 e. The molecule has 0 unspecified atom stereocenters. The highest BCUT2D eigenvalue weighted by atomic mass is 32.1. The molecule has 0 spiro atoms. The van der Waals surface area contributed by atoms with Gasteiger partial charge in [0, 0.05) is 23.0 Å². The van der Waals surface area contributed by atoms with E-state index < -0.39 is 0 Å². The number of pyridine rings is 1. The van der Waals surface area contributed by atoms with Gasteiger partial charge in [0.2, 0.25) is 0 Å². The Hall–Kier alpha value is -1.67. The number of hydrogen-bond acceptors (Lipinski definition) is 2. The van der Waals surface area contributed by atoms with Gasteiger partial charge in [-0.3, -0.25) is 4.98 Å². The predicted octanol–water partition coefficient (Wildman–Crippen LogP) is 5.18. The average molecular weight is 281 g/mol. The first-order valence-corrected chi connectivity index (χ1v) is 7.82. The molecule has 0 fully saturated rings. The van der Waals surface area contributed by atoms with Crippen molar-refractivity contribution in [2.45, 2.75) is 32.6 Å². The molecule has 3 rings (SSSR count). The predicted molar refractivity (Wildman–Crippen MR) is 87.6 cm³/mol. The summed E-state index contributed by atoms with van der Waals surface area (Å²) in [6.45, 7) is 6.72. The minimum atomic E-state index is 0.176. The number of hydrogen-bond donors (Lipinski definition) is 0. The van der Waals surface area contributed by atoms with E-state index in [-0.39, 0.29) is 5.41 Å². The van der Waals surface area contributed by atoms with Gasteiger partial charge < -0.3 is 0 Å². The molecule has 0 aliphatic heterocycles. The van der Waals surface area contributed by atoms with Crippen LogP contribution in [0.5, 0.6) is 0 Å². The van der Waals surface area contributed by atoms with Crippen LogP contribution in [0.2, 0.25) is 0 Å². The van der Waals surface area contributed by atoms with E-state index in [0.717, 1.165) is 12.1 Å². The van der Waals surface area contributed by atoms with E-state index in [2.05, 4.69) is 67.5 Å². The molecule has 1 aromatic carbocycles. The van der Waals surface area contributed by atoms with Gasteiger partial charge in [-0.05, 0) is 57.6 Å². The van der Waals surface area contributed by atoms with Crippen molar-refractivity contribution in [1.82, 2.24) is 4.98 Å². The van der Waals surface area contributed by atoms with Gasteiger partial charge >= 0.3 is 0 Å². The fourth-order valence-electron chi connectivity index (χ4n) is 2.38. The van der Waals surface area contributed by atoms with Crippen molar-refractivity contribution >= 4 is 21.4 Å². The summed E-state index contributed by atoms with van der Waals surface area (Å²) in [7, 11) is 0. The van der Waals surface area contributed by atoms with Crippen LogP contribution in [0.25, 0.3) is 10.1 Å². The van der Waals surface area contributed by atoms with Crippen molar-refractivity contribution in [3.05, 3.63) is 64.8 Å². The van der Waals surface area contributed by atoms with E-state index in [0.29, 0.717) is 0 Å². The lowest BCUT2D eigenvalue weighted by Crippen LogP contribution is -2.11. The molecule has 0 aliphatic carbocycles. The molecule has 0 atom stereocenters. The highest BCUT2D eigenvalue weighted by molar-refractivity contribution is 7.17. The number of fused-ring (bicyclic) bond motifs is 1. The Morgan fingerprint density at radius 3 is 2.70 bits per heavy atom. The molecule has 0 N–H and O–H groups in total. The molecular formula is C18H19NS. The standard InChI is InChI=1S/C18H19NS/c1-18(2,3)15-6-8-19-16(12-15)11-13-4-5-17-14(10-13)7-9-20-17/h4-10,12H,11H2,1-3H3. The highest BCUT2D eigenvalue weighted by Gasteiger charge is 2.14. The third-order valence-electron chi connectivity index (χ3n) is 3.58. The first-order valence-electron chi connectivity index (χ1n) is 6.94. The Bertz CT molecular complexity index is 734. The maximum atomic E-state index is 4.52. The molecule has 0 bridgehead atoms. The van der Waals surface area contributed by atoms with Crippen LogP contribution < -0.4 is 0 Å². The van der Waals surface area contributed by atoms with Gasteiger partial charge in [-0.1, -0.05) is 26.8 Å². The highest BCUT2D eigenvalue weighted by Crippen LogP contribution is 2.25. The second-order valence-corrected chi connectivity index (χ2v) is 7.20. The quantitative estimate of drug-likeness (QED) is 0.630. The number of rotatable bonds is 2. The van der Waals surface area contributed by atoms with Crippen LogP contribution in [0.15, 0.2) is 48.0 Å². The molecule has 102 valence electrons. The van der Waals surface area contributed by atoms with Crippen molar-refractivity contribution in [2.24, 2.45) is 0 Å². The molecule has 2 heterocycles. The summed E-state index contributed by atoms with van der Waals surface area (Å²) < 4.78 is 1.35. The van der Waals surface area contributed by atoms with Gasteiger partial charge in [0.25, 0.3) is 0 Å². The van der Waals surface area contributed by atoms with Gasteiger partial charge in [-0.15, -0.1) is 11.3 Å². The van der Waals surface area contributed by atoms with Gasteiger partial charge in [0.15, 0.2) is 0 Å². The number of aromatic nitrogens is 1. The molecule has 0 saturated carbocycles. The van der Waals surface area contributed by atoms with Crippen LogP contribution in [0, 0.1) is 0 Å². The van der Waals surface area contributed by atoms with Crippen molar-refractivity contribution in [1.29, 1.82) is 0 Å². The third-order valence-corrected chi connectivity index (χ3v) is 4.48. The maximum Gasteiger partial charge on any atom is 0.0450 e. The summed E-state index contributed by atoms with van der Waals surface area (Å²) in [5.74, 6) is 0. The molecule has 0 saturated heterocycles. The molecule has 0 radical (unpaired) electrons. The van der Waals surface area contributed by atoms with Crippen LogP contribution in [0.1, 0.15) is 37.6 Å². The lowest BCUT2D eigenvalue weighted by Gasteiger charge is -2.19. The van der Waals surface area contributed by atoms with Crippen LogP contribution in [0.3, 0.4) is 0 Å². The van der Waals surface area contributed by atoms with E-state index in [4.69, 9.17) is 0 Å². The number of nitrogens with zero attached hydrogens (tertiary/aromatic N) is 1.